The summed E-state index contributed by atoms with van der Waals surface area (Å²) in [6, 6.07) is 0.190. The molecule has 1 aliphatic carbocycles. The van der Waals surface area contributed by atoms with E-state index in [0.29, 0.717) is 18.8 Å². The molecule has 6 nitrogen and oxygen atoms in total. The Labute approximate surface area is 136 Å². The van der Waals surface area contributed by atoms with E-state index in [1.807, 2.05) is 0 Å². The molecule has 1 N–H and O–H groups in total. The molecule has 0 aromatic carbocycles. The Bertz CT molecular complexity index is 535. The van der Waals surface area contributed by atoms with E-state index in [-0.39, 0.29) is 23.8 Å². The van der Waals surface area contributed by atoms with Gasteiger partial charge >= 0.3 is 0 Å². The summed E-state index contributed by atoms with van der Waals surface area (Å²) >= 11 is 0. The third kappa shape index (κ3) is 4.06. The van der Waals surface area contributed by atoms with Crippen LogP contribution >= 0.6 is 0 Å². The third-order valence-corrected chi connectivity index (χ3v) is 4.89. The highest BCUT2D eigenvalue weighted by Gasteiger charge is 2.28. The van der Waals surface area contributed by atoms with Crippen molar-refractivity contribution in [1.29, 1.82) is 0 Å². The van der Waals surface area contributed by atoms with Gasteiger partial charge in [-0.3, -0.25) is 14.6 Å². The van der Waals surface area contributed by atoms with Crippen LogP contribution in [0.5, 0.6) is 0 Å². The van der Waals surface area contributed by atoms with E-state index in [1.54, 1.807) is 11.1 Å². The van der Waals surface area contributed by atoms with E-state index in [2.05, 4.69) is 15.3 Å². The number of nitrogens with zero attached hydrogens (tertiary/aromatic N) is 3. The first kappa shape index (κ1) is 15.9. The van der Waals surface area contributed by atoms with Crippen molar-refractivity contribution < 1.29 is 9.59 Å². The van der Waals surface area contributed by atoms with Gasteiger partial charge in [-0.05, 0) is 25.7 Å². The Morgan fingerprint density at radius 1 is 1.04 bits per heavy atom. The molecule has 0 radical (unpaired) electrons. The molecule has 2 amide bonds. The minimum Gasteiger partial charge on any atom is -0.353 e. The van der Waals surface area contributed by atoms with E-state index in [0.717, 1.165) is 25.7 Å². The first-order chi connectivity index (χ1) is 11.2. The second-order valence-electron chi connectivity index (χ2n) is 6.50. The van der Waals surface area contributed by atoms with Gasteiger partial charge in [-0.1, -0.05) is 19.3 Å². The van der Waals surface area contributed by atoms with Gasteiger partial charge in [-0.15, -0.1) is 0 Å². The average Bonchev–Trinajstić information content (AvgIpc) is 2.63. The quantitative estimate of drug-likeness (QED) is 0.922. The minimum atomic E-state index is -0.0739. The van der Waals surface area contributed by atoms with Crippen LogP contribution in [-0.2, 0) is 4.79 Å². The zero-order valence-electron chi connectivity index (χ0n) is 13.4. The molecule has 1 saturated carbocycles. The first-order valence-electron chi connectivity index (χ1n) is 8.59. The van der Waals surface area contributed by atoms with E-state index >= 15 is 0 Å². The van der Waals surface area contributed by atoms with Crippen LogP contribution in [0.15, 0.2) is 18.6 Å². The van der Waals surface area contributed by atoms with Crippen molar-refractivity contribution in [3.05, 3.63) is 24.3 Å². The Kier molecular flexibility index (Phi) is 5.20. The van der Waals surface area contributed by atoms with E-state index < -0.39 is 0 Å². The number of nitrogens with one attached hydrogen (secondary N) is 1. The predicted molar refractivity (Wildman–Crippen MR) is 85.7 cm³/mol. The van der Waals surface area contributed by atoms with Gasteiger partial charge in [0.25, 0.3) is 5.91 Å². The second-order valence-corrected chi connectivity index (χ2v) is 6.50. The van der Waals surface area contributed by atoms with Crippen molar-refractivity contribution in [1.82, 2.24) is 20.2 Å². The highest BCUT2D eigenvalue weighted by atomic mass is 16.2. The van der Waals surface area contributed by atoms with Crippen LogP contribution in [0.1, 0.15) is 55.4 Å². The van der Waals surface area contributed by atoms with Crippen LogP contribution in [0.4, 0.5) is 0 Å². The van der Waals surface area contributed by atoms with Crippen molar-refractivity contribution in [2.45, 2.75) is 51.0 Å². The molecule has 2 heterocycles. The summed E-state index contributed by atoms with van der Waals surface area (Å²) in [4.78, 5) is 34.4. The predicted octanol–water partition coefficient (Wildman–Crippen LogP) is 1.78. The smallest absolute Gasteiger partial charge is 0.274 e. The fraction of sp³-hybridized carbons (Fsp3) is 0.647. The highest BCUT2D eigenvalue weighted by Crippen LogP contribution is 2.24. The molecule has 2 aliphatic rings. The molecule has 3 rings (SSSR count). The van der Waals surface area contributed by atoms with Crippen molar-refractivity contribution >= 4 is 11.8 Å². The molecule has 1 aliphatic heterocycles. The summed E-state index contributed by atoms with van der Waals surface area (Å²) in [5, 5.41) is 3.18. The molecular formula is C17H24N4O2. The van der Waals surface area contributed by atoms with Gasteiger partial charge in [-0.2, -0.15) is 0 Å². The number of amides is 2. The molecule has 6 heteroatoms. The van der Waals surface area contributed by atoms with E-state index in [4.69, 9.17) is 0 Å². The Balaban J connectivity index is 1.46. The fourth-order valence-electron chi connectivity index (χ4n) is 3.48. The first-order valence-corrected chi connectivity index (χ1v) is 8.59. The van der Waals surface area contributed by atoms with Crippen LogP contribution in [-0.4, -0.2) is 45.8 Å². The number of likely N-dealkylation sites (tertiary alicyclic amines) is 1. The number of rotatable bonds is 3. The number of hydrogen-bond acceptors (Lipinski definition) is 4. The van der Waals surface area contributed by atoms with Crippen LogP contribution in [0.2, 0.25) is 0 Å². The molecular weight excluding hydrogens is 292 g/mol. The molecule has 1 aromatic heterocycles. The third-order valence-electron chi connectivity index (χ3n) is 4.89. The SMILES string of the molecule is O=C(NC1CCN(C(=O)c2cnccn2)CC1)C1CCCCC1. The monoisotopic (exact) mass is 316 g/mol. The number of carbonyl (C=O) groups is 2. The lowest BCUT2D eigenvalue weighted by atomic mass is 9.88. The normalized spacial score (nSPS) is 20.3. The standard InChI is InChI=1S/C17H24N4O2/c22-16(13-4-2-1-3-5-13)20-14-6-10-21(11-7-14)17(23)15-12-18-8-9-19-15/h8-9,12-14H,1-7,10-11H2,(H,20,22). The maximum Gasteiger partial charge on any atom is 0.274 e. The van der Waals surface area contributed by atoms with Gasteiger partial charge in [0, 0.05) is 37.4 Å². The largest absolute Gasteiger partial charge is 0.353 e. The average molecular weight is 316 g/mol. The molecule has 2 fully saturated rings. The zero-order chi connectivity index (χ0) is 16.1. The summed E-state index contributed by atoms with van der Waals surface area (Å²) in [5.41, 5.74) is 0.386. The lowest BCUT2D eigenvalue weighted by Gasteiger charge is -2.33. The van der Waals surface area contributed by atoms with E-state index in [9.17, 15) is 9.59 Å². The summed E-state index contributed by atoms with van der Waals surface area (Å²) < 4.78 is 0. The second kappa shape index (κ2) is 7.53. The lowest BCUT2D eigenvalue weighted by molar-refractivity contribution is -0.126. The van der Waals surface area contributed by atoms with Crippen molar-refractivity contribution in [2.75, 3.05) is 13.1 Å². The van der Waals surface area contributed by atoms with Crippen LogP contribution in [0.25, 0.3) is 0 Å². The molecule has 1 saturated heterocycles. The van der Waals surface area contributed by atoms with Gasteiger partial charge in [-0.25, -0.2) is 4.98 Å². The molecule has 0 atom stereocenters. The molecule has 124 valence electrons. The molecule has 0 spiro atoms. The summed E-state index contributed by atoms with van der Waals surface area (Å²) in [6.07, 6.45) is 11.9. The van der Waals surface area contributed by atoms with Gasteiger partial charge < -0.3 is 10.2 Å². The van der Waals surface area contributed by atoms with E-state index in [1.165, 1.54) is 31.7 Å². The molecule has 0 bridgehead atoms. The highest BCUT2D eigenvalue weighted by molar-refractivity contribution is 5.92. The Morgan fingerprint density at radius 2 is 1.78 bits per heavy atom. The van der Waals surface area contributed by atoms with Gasteiger partial charge in [0.1, 0.15) is 5.69 Å². The number of carbonyl (C=O) groups excluding carboxylic acids is 2. The minimum absolute atomic E-state index is 0.0739. The van der Waals surface area contributed by atoms with Gasteiger partial charge in [0.2, 0.25) is 5.91 Å². The van der Waals surface area contributed by atoms with Gasteiger partial charge in [0.15, 0.2) is 0 Å². The van der Waals surface area contributed by atoms with Crippen molar-refractivity contribution in [3.8, 4) is 0 Å². The maximum absolute atomic E-state index is 12.3. The Hall–Kier alpha value is -1.98. The molecule has 23 heavy (non-hydrogen) atoms. The summed E-state index contributed by atoms with van der Waals surface area (Å²) in [7, 11) is 0. The fourth-order valence-corrected chi connectivity index (χ4v) is 3.48. The van der Waals surface area contributed by atoms with Crippen LogP contribution < -0.4 is 5.32 Å². The number of piperidine rings is 1. The summed E-state index contributed by atoms with van der Waals surface area (Å²) in [5.74, 6) is 0.335. The lowest BCUT2D eigenvalue weighted by Crippen LogP contribution is -2.48. The number of hydrogen-bond donors (Lipinski definition) is 1. The maximum atomic E-state index is 12.3. The Morgan fingerprint density at radius 3 is 2.43 bits per heavy atom. The van der Waals surface area contributed by atoms with Gasteiger partial charge in [0.05, 0.1) is 6.20 Å². The van der Waals surface area contributed by atoms with Crippen LogP contribution in [0, 0.1) is 5.92 Å². The molecule has 0 unspecified atom stereocenters. The van der Waals surface area contributed by atoms with Crippen molar-refractivity contribution in [2.24, 2.45) is 5.92 Å². The summed E-state index contributed by atoms with van der Waals surface area (Å²) in [6.45, 7) is 1.32. The van der Waals surface area contributed by atoms with Crippen molar-refractivity contribution in [3.63, 3.8) is 0 Å². The zero-order valence-corrected chi connectivity index (χ0v) is 13.4. The number of aromatic nitrogens is 2. The van der Waals surface area contributed by atoms with Crippen LogP contribution in [0.3, 0.4) is 0 Å². The molecule has 1 aromatic rings. The topological polar surface area (TPSA) is 75.2 Å².